The van der Waals surface area contributed by atoms with Crippen molar-refractivity contribution in [2.75, 3.05) is 6.54 Å². The van der Waals surface area contributed by atoms with Gasteiger partial charge in [-0.1, -0.05) is 26.8 Å². The van der Waals surface area contributed by atoms with Crippen molar-refractivity contribution in [3.05, 3.63) is 29.6 Å². The fourth-order valence-corrected chi connectivity index (χ4v) is 2.29. The van der Waals surface area contributed by atoms with Gasteiger partial charge in [-0.05, 0) is 36.6 Å². The summed E-state index contributed by atoms with van der Waals surface area (Å²) in [5.74, 6) is 0.427. The predicted molar refractivity (Wildman–Crippen MR) is 69.3 cm³/mol. The average molecular weight is 241 g/mol. The van der Waals surface area contributed by atoms with Crippen molar-refractivity contribution in [3.63, 3.8) is 0 Å². The van der Waals surface area contributed by atoms with Crippen molar-refractivity contribution >= 4 is 11.8 Å². The van der Waals surface area contributed by atoms with Gasteiger partial charge in [0.05, 0.1) is 0 Å². The van der Waals surface area contributed by atoms with Crippen LogP contribution in [0.3, 0.4) is 0 Å². The Morgan fingerprint density at radius 2 is 2.00 bits per heavy atom. The second-order valence-corrected chi connectivity index (χ2v) is 5.79. The molecule has 0 spiro atoms. The Labute approximate surface area is 102 Å². The van der Waals surface area contributed by atoms with Gasteiger partial charge in [0.2, 0.25) is 0 Å². The van der Waals surface area contributed by atoms with Crippen LogP contribution >= 0.6 is 11.8 Å². The molecule has 0 radical (unpaired) electrons. The van der Waals surface area contributed by atoms with Crippen molar-refractivity contribution in [3.8, 4) is 0 Å². The lowest BCUT2D eigenvalue weighted by atomic mass is 10.1. The van der Waals surface area contributed by atoms with Crippen LogP contribution in [0.15, 0.2) is 23.1 Å². The molecule has 0 aromatic heterocycles. The number of hydrogen-bond donors (Lipinski definition) is 1. The Bertz CT molecular complexity index is 339. The molecule has 0 aliphatic carbocycles. The molecule has 0 bridgehead atoms. The lowest BCUT2D eigenvalue weighted by Gasteiger charge is -2.15. The Balaban J connectivity index is 2.75. The summed E-state index contributed by atoms with van der Waals surface area (Å²) in [6.07, 6.45) is 0.738. The summed E-state index contributed by atoms with van der Waals surface area (Å²) < 4.78 is 13.7. The highest BCUT2D eigenvalue weighted by Crippen LogP contribution is 2.30. The first-order chi connectivity index (χ1) is 7.54. The van der Waals surface area contributed by atoms with E-state index < -0.39 is 0 Å². The standard InChI is InChI=1S/C13H20FNS/c1-9(2)10(3)16-13-5-4-11(6-7-15)8-12(13)14/h4-5,8-10H,6-7,15H2,1-3H3. The third-order valence-electron chi connectivity index (χ3n) is 2.68. The fourth-order valence-electron chi connectivity index (χ4n) is 1.30. The molecule has 1 atom stereocenters. The monoisotopic (exact) mass is 241 g/mol. The Morgan fingerprint density at radius 3 is 2.50 bits per heavy atom. The summed E-state index contributed by atoms with van der Waals surface area (Å²) in [5, 5.41) is 0.426. The molecule has 0 fully saturated rings. The molecule has 3 heteroatoms. The van der Waals surface area contributed by atoms with Gasteiger partial charge in [0.15, 0.2) is 0 Å². The molecule has 0 amide bonds. The maximum Gasteiger partial charge on any atom is 0.137 e. The molecule has 0 saturated heterocycles. The molecule has 0 heterocycles. The Morgan fingerprint density at radius 1 is 1.31 bits per heavy atom. The van der Waals surface area contributed by atoms with Crippen molar-refractivity contribution in [1.82, 2.24) is 0 Å². The van der Waals surface area contributed by atoms with E-state index in [0.717, 1.165) is 16.9 Å². The van der Waals surface area contributed by atoms with E-state index in [1.54, 1.807) is 17.8 Å². The lowest BCUT2D eigenvalue weighted by molar-refractivity contribution is 0.595. The minimum atomic E-state index is -0.122. The summed E-state index contributed by atoms with van der Waals surface area (Å²) in [6.45, 7) is 6.99. The highest BCUT2D eigenvalue weighted by molar-refractivity contribution is 8.00. The summed E-state index contributed by atoms with van der Waals surface area (Å²) in [7, 11) is 0. The van der Waals surface area contributed by atoms with Crippen LogP contribution < -0.4 is 5.73 Å². The minimum Gasteiger partial charge on any atom is -0.330 e. The van der Waals surface area contributed by atoms with Crippen molar-refractivity contribution in [2.24, 2.45) is 11.7 Å². The molecule has 0 saturated carbocycles. The van der Waals surface area contributed by atoms with Gasteiger partial charge in [-0.3, -0.25) is 0 Å². The zero-order valence-corrected chi connectivity index (χ0v) is 11.0. The van der Waals surface area contributed by atoms with Gasteiger partial charge < -0.3 is 5.73 Å². The van der Waals surface area contributed by atoms with Gasteiger partial charge in [-0.15, -0.1) is 11.8 Å². The predicted octanol–water partition coefficient (Wildman–Crippen LogP) is 3.46. The first-order valence-electron chi connectivity index (χ1n) is 5.69. The van der Waals surface area contributed by atoms with E-state index in [-0.39, 0.29) is 5.82 Å². The van der Waals surface area contributed by atoms with Crippen molar-refractivity contribution in [1.29, 1.82) is 0 Å². The third kappa shape index (κ3) is 3.80. The molecule has 1 unspecified atom stereocenters. The van der Waals surface area contributed by atoms with E-state index in [1.807, 2.05) is 12.1 Å². The number of hydrogen-bond acceptors (Lipinski definition) is 2. The van der Waals surface area contributed by atoms with Crippen LogP contribution in [0.2, 0.25) is 0 Å². The van der Waals surface area contributed by atoms with Crippen LogP contribution in [0.1, 0.15) is 26.3 Å². The quantitative estimate of drug-likeness (QED) is 0.799. The average Bonchev–Trinajstić information content (AvgIpc) is 2.22. The van der Waals surface area contributed by atoms with E-state index >= 15 is 0 Å². The molecule has 1 rings (SSSR count). The van der Waals surface area contributed by atoms with E-state index in [2.05, 4.69) is 20.8 Å². The van der Waals surface area contributed by atoms with Gasteiger partial charge in [0, 0.05) is 10.1 Å². The SMILES string of the molecule is CC(C)C(C)Sc1ccc(CCN)cc1F. The fraction of sp³-hybridized carbons (Fsp3) is 0.538. The van der Waals surface area contributed by atoms with Gasteiger partial charge in [0.1, 0.15) is 5.82 Å². The van der Waals surface area contributed by atoms with E-state index in [4.69, 9.17) is 5.73 Å². The second kappa shape index (κ2) is 6.26. The van der Waals surface area contributed by atoms with Gasteiger partial charge in [-0.2, -0.15) is 0 Å². The van der Waals surface area contributed by atoms with Crippen molar-refractivity contribution < 1.29 is 4.39 Å². The maximum atomic E-state index is 13.7. The smallest absolute Gasteiger partial charge is 0.137 e. The summed E-state index contributed by atoms with van der Waals surface area (Å²) >= 11 is 1.60. The van der Waals surface area contributed by atoms with Gasteiger partial charge in [-0.25, -0.2) is 4.39 Å². The molecule has 1 aromatic carbocycles. The first-order valence-corrected chi connectivity index (χ1v) is 6.57. The lowest BCUT2D eigenvalue weighted by Crippen LogP contribution is -2.06. The molecule has 1 nitrogen and oxygen atoms in total. The van der Waals surface area contributed by atoms with Crippen LogP contribution in [-0.4, -0.2) is 11.8 Å². The van der Waals surface area contributed by atoms with Gasteiger partial charge in [0.25, 0.3) is 0 Å². The number of thioether (sulfide) groups is 1. The van der Waals surface area contributed by atoms with E-state index in [9.17, 15) is 4.39 Å². The number of rotatable bonds is 5. The maximum absolute atomic E-state index is 13.7. The molecule has 2 N–H and O–H groups in total. The summed E-state index contributed by atoms with van der Waals surface area (Å²) in [4.78, 5) is 0.738. The highest BCUT2D eigenvalue weighted by Gasteiger charge is 2.12. The molecule has 1 aromatic rings. The molecule has 0 aliphatic heterocycles. The van der Waals surface area contributed by atoms with Crippen LogP contribution in [-0.2, 0) is 6.42 Å². The molecule has 16 heavy (non-hydrogen) atoms. The van der Waals surface area contributed by atoms with Crippen LogP contribution in [0.4, 0.5) is 4.39 Å². The topological polar surface area (TPSA) is 26.0 Å². The zero-order chi connectivity index (χ0) is 12.1. The summed E-state index contributed by atoms with van der Waals surface area (Å²) in [6, 6.07) is 5.43. The number of benzene rings is 1. The molecule has 0 aliphatic rings. The Kier molecular flexibility index (Phi) is 5.29. The van der Waals surface area contributed by atoms with Crippen molar-refractivity contribution in [2.45, 2.75) is 37.3 Å². The van der Waals surface area contributed by atoms with Gasteiger partial charge >= 0.3 is 0 Å². The molecular weight excluding hydrogens is 221 g/mol. The normalized spacial score (nSPS) is 13.1. The largest absolute Gasteiger partial charge is 0.330 e. The van der Waals surface area contributed by atoms with E-state index in [1.165, 1.54) is 0 Å². The molecule has 90 valence electrons. The zero-order valence-electron chi connectivity index (χ0n) is 10.2. The molecular formula is C13H20FNS. The number of halogens is 1. The third-order valence-corrected chi connectivity index (χ3v) is 4.18. The second-order valence-electron chi connectivity index (χ2n) is 4.37. The van der Waals surface area contributed by atoms with Crippen LogP contribution in [0.5, 0.6) is 0 Å². The highest BCUT2D eigenvalue weighted by atomic mass is 32.2. The summed E-state index contributed by atoms with van der Waals surface area (Å²) in [5.41, 5.74) is 6.42. The first kappa shape index (κ1) is 13.5. The van der Waals surface area contributed by atoms with E-state index in [0.29, 0.717) is 17.7 Å². The number of nitrogens with two attached hydrogens (primary N) is 1. The van der Waals surface area contributed by atoms with Crippen LogP contribution in [0.25, 0.3) is 0 Å². The van der Waals surface area contributed by atoms with Crippen LogP contribution in [0, 0.1) is 11.7 Å². The minimum absolute atomic E-state index is 0.122. The Hall–Kier alpha value is -0.540.